The van der Waals surface area contributed by atoms with Crippen LogP contribution < -0.4 is 4.90 Å². The lowest BCUT2D eigenvalue weighted by molar-refractivity contribution is -0.137. The van der Waals surface area contributed by atoms with E-state index in [4.69, 9.17) is 0 Å². The maximum Gasteiger partial charge on any atom is 0.416 e. The van der Waals surface area contributed by atoms with E-state index in [2.05, 4.69) is 9.97 Å². The highest BCUT2D eigenvalue weighted by Crippen LogP contribution is 2.33. The number of para-hydroxylation sites is 1. The summed E-state index contributed by atoms with van der Waals surface area (Å²) in [4.78, 5) is 9.98. The molecule has 0 N–H and O–H groups in total. The molecular formula is C16H13ClF3N3. The number of anilines is 2. The topological polar surface area (TPSA) is 29.0 Å². The van der Waals surface area contributed by atoms with Gasteiger partial charge in [0.1, 0.15) is 12.1 Å². The van der Waals surface area contributed by atoms with E-state index in [0.717, 1.165) is 17.8 Å². The standard InChI is InChI=1S/C16H12F3N3.ClH/c1-22(12-5-3-2-4-6-12)15-13-8-7-11(16(17,18)19)9-14(13)20-10-21-15;/h2-10H,1H3;1H. The van der Waals surface area contributed by atoms with Crippen LogP contribution in [0, 0.1) is 0 Å². The zero-order chi connectivity index (χ0) is 15.7. The maximum atomic E-state index is 12.8. The molecule has 0 aliphatic heterocycles. The number of nitrogens with zero attached hydrogens (tertiary/aromatic N) is 3. The molecular weight excluding hydrogens is 327 g/mol. The van der Waals surface area contributed by atoms with E-state index in [-0.39, 0.29) is 17.9 Å². The van der Waals surface area contributed by atoms with Crippen molar-refractivity contribution in [2.75, 3.05) is 11.9 Å². The Morgan fingerprint density at radius 3 is 2.30 bits per heavy atom. The number of aromatic nitrogens is 2. The third kappa shape index (κ3) is 3.37. The summed E-state index contributed by atoms with van der Waals surface area (Å²) in [7, 11) is 1.81. The largest absolute Gasteiger partial charge is 0.416 e. The summed E-state index contributed by atoms with van der Waals surface area (Å²) in [6, 6.07) is 13.0. The highest BCUT2D eigenvalue weighted by molar-refractivity contribution is 5.91. The SMILES string of the molecule is CN(c1ccccc1)c1ncnc2cc(C(F)(F)F)ccc12.Cl. The Balaban J connectivity index is 0.00000192. The molecule has 0 spiro atoms. The fraction of sp³-hybridized carbons (Fsp3) is 0.125. The van der Waals surface area contributed by atoms with Gasteiger partial charge in [-0.2, -0.15) is 13.2 Å². The smallest absolute Gasteiger partial charge is 0.329 e. The van der Waals surface area contributed by atoms with Crippen molar-refractivity contribution < 1.29 is 13.2 Å². The molecule has 2 aromatic carbocycles. The van der Waals surface area contributed by atoms with Gasteiger partial charge in [0.15, 0.2) is 0 Å². The van der Waals surface area contributed by atoms with Crippen molar-refractivity contribution in [3.8, 4) is 0 Å². The highest BCUT2D eigenvalue weighted by Gasteiger charge is 2.30. The van der Waals surface area contributed by atoms with E-state index in [1.165, 1.54) is 12.4 Å². The first-order chi connectivity index (χ1) is 10.5. The van der Waals surface area contributed by atoms with Crippen molar-refractivity contribution in [3.05, 3.63) is 60.4 Å². The second-order valence-corrected chi connectivity index (χ2v) is 4.82. The molecule has 1 heterocycles. The van der Waals surface area contributed by atoms with Gasteiger partial charge in [0, 0.05) is 18.1 Å². The molecule has 3 rings (SSSR count). The third-order valence-electron chi connectivity index (χ3n) is 3.40. The summed E-state index contributed by atoms with van der Waals surface area (Å²) < 4.78 is 38.4. The van der Waals surface area contributed by atoms with E-state index < -0.39 is 11.7 Å². The molecule has 3 aromatic rings. The van der Waals surface area contributed by atoms with Crippen molar-refractivity contribution >= 4 is 34.8 Å². The average Bonchev–Trinajstić information content (AvgIpc) is 2.53. The summed E-state index contributed by atoms with van der Waals surface area (Å²) in [6.07, 6.45) is -3.11. The Labute approximate surface area is 137 Å². The fourth-order valence-electron chi connectivity index (χ4n) is 2.26. The van der Waals surface area contributed by atoms with Crippen molar-refractivity contribution in [2.24, 2.45) is 0 Å². The molecule has 0 aliphatic carbocycles. The van der Waals surface area contributed by atoms with Crippen LogP contribution >= 0.6 is 12.4 Å². The quantitative estimate of drug-likeness (QED) is 0.669. The first-order valence-corrected chi connectivity index (χ1v) is 6.57. The lowest BCUT2D eigenvalue weighted by atomic mass is 10.1. The zero-order valence-corrected chi connectivity index (χ0v) is 12.9. The van der Waals surface area contributed by atoms with Crippen LogP contribution in [0.3, 0.4) is 0 Å². The van der Waals surface area contributed by atoms with Gasteiger partial charge in [0.2, 0.25) is 0 Å². The van der Waals surface area contributed by atoms with Gasteiger partial charge in [-0.25, -0.2) is 9.97 Å². The molecule has 0 radical (unpaired) electrons. The summed E-state index contributed by atoms with van der Waals surface area (Å²) in [5.74, 6) is 0.560. The minimum Gasteiger partial charge on any atom is -0.329 e. The summed E-state index contributed by atoms with van der Waals surface area (Å²) >= 11 is 0. The first kappa shape index (κ1) is 17.0. The van der Waals surface area contributed by atoms with Gasteiger partial charge < -0.3 is 4.90 Å². The Bertz CT molecular complexity index is 807. The van der Waals surface area contributed by atoms with Crippen LogP contribution in [0.2, 0.25) is 0 Å². The minimum absolute atomic E-state index is 0. The van der Waals surface area contributed by atoms with Gasteiger partial charge in [-0.1, -0.05) is 18.2 Å². The van der Waals surface area contributed by atoms with Crippen molar-refractivity contribution in [2.45, 2.75) is 6.18 Å². The lowest BCUT2D eigenvalue weighted by Crippen LogP contribution is -2.12. The van der Waals surface area contributed by atoms with Crippen LogP contribution in [-0.2, 0) is 6.18 Å². The van der Waals surface area contributed by atoms with Crippen LogP contribution in [-0.4, -0.2) is 17.0 Å². The highest BCUT2D eigenvalue weighted by atomic mass is 35.5. The molecule has 1 aromatic heterocycles. The molecule has 0 atom stereocenters. The molecule has 0 bridgehead atoms. The third-order valence-corrected chi connectivity index (χ3v) is 3.40. The van der Waals surface area contributed by atoms with Gasteiger partial charge in [0.05, 0.1) is 11.1 Å². The summed E-state index contributed by atoms with van der Waals surface area (Å²) in [5, 5.41) is 0.571. The molecule has 3 nitrogen and oxygen atoms in total. The molecule has 0 amide bonds. The Morgan fingerprint density at radius 2 is 1.65 bits per heavy atom. The Hall–Kier alpha value is -2.34. The molecule has 0 saturated heterocycles. The molecule has 120 valence electrons. The van der Waals surface area contributed by atoms with Gasteiger partial charge in [-0.15, -0.1) is 12.4 Å². The molecule has 0 fully saturated rings. The van der Waals surface area contributed by atoms with Gasteiger partial charge in [-0.3, -0.25) is 0 Å². The summed E-state index contributed by atoms with van der Waals surface area (Å²) in [6.45, 7) is 0. The minimum atomic E-state index is -4.38. The number of hydrogen-bond donors (Lipinski definition) is 0. The maximum absolute atomic E-state index is 12.8. The fourth-order valence-corrected chi connectivity index (χ4v) is 2.26. The number of hydrogen-bond acceptors (Lipinski definition) is 3. The van der Waals surface area contributed by atoms with Crippen molar-refractivity contribution in [1.82, 2.24) is 9.97 Å². The van der Waals surface area contributed by atoms with Crippen molar-refractivity contribution in [3.63, 3.8) is 0 Å². The molecule has 23 heavy (non-hydrogen) atoms. The number of halogens is 4. The zero-order valence-electron chi connectivity index (χ0n) is 12.1. The first-order valence-electron chi connectivity index (χ1n) is 6.57. The number of fused-ring (bicyclic) bond motifs is 1. The number of alkyl halides is 3. The molecule has 0 saturated carbocycles. The van der Waals surface area contributed by atoms with Crippen LogP contribution in [0.25, 0.3) is 10.9 Å². The van der Waals surface area contributed by atoms with Crippen LogP contribution in [0.1, 0.15) is 5.56 Å². The van der Waals surface area contributed by atoms with Gasteiger partial charge >= 0.3 is 6.18 Å². The van der Waals surface area contributed by atoms with Crippen LogP contribution in [0.5, 0.6) is 0 Å². The predicted octanol–water partition coefficient (Wildman–Crippen LogP) is 4.84. The van der Waals surface area contributed by atoms with E-state index in [0.29, 0.717) is 11.2 Å². The van der Waals surface area contributed by atoms with Crippen molar-refractivity contribution in [1.29, 1.82) is 0 Å². The van der Waals surface area contributed by atoms with E-state index in [1.54, 1.807) is 0 Å². The monoisotopic (exact) mass is 339 g/mol. The van der Waals surface area contributed by atoms with E-state index in [9.17, 15) is 13.2 Å². The summed E-state index contributed by atoms with van der Waals surface area (Å²) in [5.41, 5.74) is 0.442. The lowest BCUT2D eigenvalue weighted by Gasteiger charge is -2.20. The Morgan fingerprint density at radius 1 is 0.957 bits per heavy atom. The van der Waals surface area contributed by atoms with Gasteiger partial charge in [0.25, 0.3) is 0 Å². The molecule has 7 heteroatoms. The van der Waals surface area contributed by atoms with E-state index in [1.807, 2.05) is 42.3 Å². The Kier molecular flexibility index (Phi) is 4.75. The number of benzene rings is 2. The van der Waals surface area contributed by atoms with Crippen LogP contribution in [0.15, 0.2) is 54.9 Å². The second kappa shape index (κ2) is 6.42. The number of rotatable bonds is 2. The van der Waals surface area contributed by atoms with E-state index >= 15 is 0 Å². The van der Waals surface area contributed by atoms with Gasteiger partial charge in [-0.05, 0) is 30.3 Å². The predicted molar refractivity (Wildman–Crippen MR) is 86.3 cm³/mol. The molecule has 0 unspecified atom stereocenters. The normalized spacial score (nSPS) is 11.1. The molecule has 0 aliphatic rings. The average molecular weight is 340 g/mol. The second-order valence-electron chi connectivity index (χ2n) is 4.82. The van der Waals surface area contributed by atoms with Crippen LogP contribution in [0.4, 0.5) is 24.7 Å².